The molecule has 3 aliphatic heterocycles. The molecule has 2 unspecified atom stereocenters. The highest BCUT2D eigenvalue weighted by Gasteiger charge is 2.33. The van der Waals surface area contributed by atoms with Crippen LogP contribution in [0.4, 0.5) is 16.2 Å². The molecule has 192 valence electrons. The van der Waals surface area contributed by atoms with Crippen LogP contribution in [0.15, 0.2) is 54.6 Å². The summed E-state index contributed by atoms with van der Waals surface area (Å²) in [6.45, 7) is 8.63. The molecule has 2 atom stereocenters. The van der Waals surface area contributed by atoms with Crippen molar-refractivity contribution in [3.8, 4) is 0 Å². The molecule has 3 fully saturated rings. The largest absolute Gasteiger partial charge is 0.369 e. The van der Waals surface area contributed by atoms with Crippen LogP contribution in [0.25, 0.3) is 0 Å². The highest BCUT2D eigenvalue weighted by molar-refractivity contribution is 8.00. The summed E-state index contributed by atoms with van der Waals surface area (Å²) in [5.41, 5.74) is 6.17. The first kappa shape index (κ1) is 24.9. The van der Waals surface area contributed by atoms with Crippen molar-refractivity contribution in [2.24, 2.45) is 0 Å². The zero-order valence-electron chi connectivity index (χ0n) is 20.9. The highest BCUT2D eigenvalue weighted by atomic mass is 32.2. The van der Waals surface area contributed by atoms with Crippen LogP contribution in [0, 0.1) is 0 Å². The van der Waals surface area contributed by atoms with Crippen LogP contribution in [0.3, 0.4) is 0 Å². The molecule has 2 aromatic carbocycles. The summed E-state index contributed by atoms with van der Waals surface area (Å²) >= 11 is 1.74. The minimum absolute atomic E-state index is 0.0196. The van der Waals surface area contributed by atoms with Crippen molar-refractivity contribution in [1.29, 1.82) is 0 Å². The van der Waals surface area contributed by atoms with Crippen molar-refractivity contribution in [1.82, 2.24) is 26.0 Å². The van der Waals surface area contributed by atoms with Crippen LogP contribution in [0.2, 0.25) is 0 Å². The zero-order valence-corrected chi connectivity index (χ0v) is 21.7. The van der Waals surface area contributed by atoms with E-state index < -0.39 is 0 Å². The predicted octanol–water partition coefficient (Wildman–Crippen LogP) is 2.40. The standard InChI is InChI=1S/C26H35N7O2S/c1-19(2)33-26(35)32(18-28-33)22-10-8-21(9-11-22)30-13-15-31(16-14-30)23(20-6-4-3-5-7-20)24(34)29-25-27-12-17-36-25/h3-11,19,23,25,27-28H,12-18H2,1-2H3,(H,29,34). The molecule has 3 amide bonds. The summed E-state index contributed by atoms with van der Waals surface area (Å²) in [5, 5.41) is 8.18. The van der Waals surface area contributed by atoms with Crippen molar-refractivity contribution in [3.05, 3.63) is 60.2 Å². The van der Waals surface area contributed by atoms with E-state index in [4.69, 9.17) is 0 Å². The molecule has 3 saturated heterocycles. The van der Waals surface area contributed by atoms with Crippen LogP contribution in [0.1, 0.15) is 25.5 Å². The van der Waals surface area contributed by atoms with Gasteiger partial charge in [-0.2, -0.15) is 0 Å². The molecule has 9 nitrogen and oxygen atoms in total. The first-order chi connectivity index (χ1) is 17.5. The lowest BCUT2D eigenvalue weighted by Crippen LogP contribution is -2.52. The average Bonchev–Trinajstić information content (AvgIpc) is 3.55. The number of thioether (sulfide) groups is 1. The molecule has 10 heteroatoms. The van der Waals surface area contributed by atoms with E-state index in [9.17, 15) is 9.59 Å². The number of nitrogens with zero attached hydrogens (tertiary/aromatic N) is 4. The number of carbonyl (C=O) groups excluding carboxylic acids is 2. The number of rotatable bonds is 7. The molecule has 0 saturated carbocycles. The summed E-state index contributed by atoms with van der Waals surface area (Å²) in [7, 11) is 0. The lowest BCUT2D eigenvalue weighted by Gasteiger charge is -2.40. The Bertz CT molecular complexity index is 1040. The fraction of sp³-hybridized carbons (Fsp3) is 0.462. The fourth-order valence-corrected chi connectivity index (χ4v) is 5.90. The number of benzene rings is 2. The van der Waals surface area contributed by atoms with Crippen molar-refractivity contribution in [2.75, 3.05) is 54.9 Å². The average molecular weight is 510 g/mol. The Hall–Kier alpha value is -2.79. The fourth-order valence-electron chi connectivity index (χ4n) is 4.99. The van der Waals surface area contributed by atoms with Gasteiger partial charge in [-0.3, -0.25) is 24.9 Å². The third-order valence-corrected chi connectivity index (χ3v) is 7.97. The highest BCUT2D eigenvalue weighted by Crippen LogP contribution is 2.27. The zero-order chi connectivity index (χ0) is 25.1. The molecule has 0 aliphatic carbocycles. The van der Waals surface area contributed by atoms with Crippen LogP contribution in [0.5, 0.6) is 0 Å². The smallest absolute Gasteiger partial charge is 0.340 e. The van der Waals surface area contributed by atoms with Gasteiger partial charge in [0, 0.05) is 55.9 Å². The molecule has 3 heterocycles. The molecule has 3 aliphatic rings. The summed E-state index contributed by atoms with van der Waals surface area (Å²) in [5.74, 6) is 1.06. The van der Waals surface area contributed by atoms with E-state index >= 15 is 0 Å². The molecule has 5 rings (SSSR count). The van der Waals surface area contributed by atoms with Gasteiger partial charge in [0.15, 0.2) is 0 Å². The third kappa shape index (κ3) is 5.31. The molecule has 0 bridgehead atoms. The minimum Gasteiger partial charge on any atom is -0.369 e. The first-order valence-electron chi connectivity index (χ1n) is 12.6. The van der Waals surface area contributed by atoms with Crippen LogP contribution in [-0.2, 0) is 4.79 Å². The number of hydrogen-bond acceptors (Lipinski definition) is 7. The Morgan fingerprint density at radius 3 is 2.31 bits per heavy atom. The van der Waals surface area contributed by atoms with Gasteiger partial charge >= 0.3 is 6.03 Å². The molecular formula is C26H35N7O2S. The van der Waals surface area contributed by atoms with Crippen molar-refractivity contribution < 1.29 is 9.59 Å². The molecule has 2 aromatic rings. The maximum atomic E-state index is 13.3. The first-order valence-corrected chi connectivity index (χ1v) is 13.7. The summed E-state index contributed by atoms with van der Waals surface area (Å²) in [6, 6.07) is 18.0. The van der Waals surface area contributed by atoms with Gasteiger partial charge in [-0.15, -0.1) is 11.8 Å². The van der Waals surface area contributed by atoms with E-state index in [1.165, 1.54) is 0 Å². The van der Waals surface area contributed by atoms with E-state index in [0.29, 0.717) is 6.67 Å². The third-order valence-electron chi connectivity index (χ3n) is 6.91. The summed E-state index contributed by atoms with van der Waals surface area (Å²) in [6.07, 6.45) is 0. The van der Waals surface area contributed by atoms with Crippen LogP contribution < -0.4 is 25.9 Å². The normalized spacial score (nSPS) is 21.9. The molecule has 0 spiro atoms. The van der Waals surface area contributed by atoms with Gasteiger partial charge in [0.2, 0.25) is 5.91 Å². The monoisotopic (exact) mass is 509 g/mol. The van der Waals surface area contributed by atoms with Gasteiger partial charge in [0.05, 0.1) is 6.67 Å². The van der Waals surface area contributed by atoms with Crippen molar-refractivity contribution >= 4 is 35.1 Å². The number of anilines is 2. The number of carbonyl (C=O) groups is 2. The summed E-state index contributed by atoms with van der Waals surface area (Å²) < 4.78 is 0. The number of hydrazine groups is 1. The maximum absolute atomic E-state index is 13.3. The molecule has 36 heavy (non-hydrogen) atoms. The second kappa shape index (κ2) is 11.1. The Morgan fingerprint density at radius 1 is 1.00 bits per heavy atom. The SMILES string of the molecule is CC(C)N1NCN(c2ccc(N3CCN(C(C(=O)NC4NCCS4)c4ccccc4)CC3)cc2)C1=O. The van der Waals surface area contributed by atoms with E-state index in [-0.39, 0.29) is 29.5 Å². The number of nitrogens with one attached hydrogen (secondary N) is 3. The van der Waals surface area contributed by atoms with Crippen molar-refractivity contribution in [3.63, 3.8) is 0 Å². The van der Waals surface area contributed by atoms with Crippen LogP contribution in [-0.4, -0.2) is 78.5 Å². The minimum atomic E-state index is -0.309. The lowest BCUT2D eigenvalue weighted by molar-refractivity contribution is -0.127. The summed E-state index contributed by atoms with van der Waals surface area (Å²) in [4.78, 5) is 32.4. The Balaban J connectivity index is 1.23. The lowest BCUT2D eigenvalue weighted by atomic mass is 10.0. The topological polar surface area (TPSA) is 83.2 Å². The van der Waals surface area contributed by atoms with Crippen molar-refractivity contribution in [2.45, 2.75) is 31.4 Å². The number of hydrogen-bond donors (Lipinski definition) is 3. The van der Waals surface area contributed by atoms with Gasteiger partial charge in [0.1, 0.15) is 11.5 Å². The van der Waals surface area contributed by atoms with E-state index in [1.54, 1.807) is 21.7 Å². The van der Waals surface area contributed by atoms with E-state index in [2.05, 4.69) is 38.0 Å². The van der Waals surface area contributed by atoms with Crippen LogP contribution >= 0.6 is 11.8 Å². The Morgan fingerprint density at radius 2 is 1.69 bits per heavy atom. The van der Waals surface area contributed by atoms with Gasteiger partial charge < -0.3 is 10.2 Å². The van der Waals surface area contributed by atoms with Gasteiger partial charge in [-0.25, -0.2) is 10.2 Å². The maximum Gasteiger partial charge on any atom is 0.340 e. The van der Waals surface area contributed by atoms with Gasteiger partial charge in [-0.05, 0) is 43.7 Å². The van der Waals surface area contributed by atoms with Gasteiger partial charge in [0.25, 0.3) is 0 Å². The number of amides is 3. The predicted molar refractivity (Wildman–Crippen MR) is 145 cm³/mol. The van der Waals surface area contributed by atoms with E-state index in [1.807, 2.05) is 56.3 Å². The number of piperazine rings is 1. The Labute approximate surface area is 217 Å². The Kier molecular flexibility index (Phi) is 7.66. The quantitative estimate of drug-likeness (QED) is 0.529. The van der Waals surface area contributed by atoms with E-state index in [0.717, 1.165) is 55.4 Å². The second-order valence-corrected chi connectivity index (χ2v) is 10.8. The molecule has 0 aromatic heterocycles. The number of urea groups is 1. The molecule has 3 N–H and O–H groups in total. The molecule has 0 radical (unpaired) electrons. The molecular weight excluding hydrogens is 474 g/mol. The van der Waals surface area contributed by atoms with Gasteiger partial charge in [-0.1, -0.05) is 30.3 Å². The second-order valence-electron chi connectivity index (χ2n) is 9.56.